The molecule has 4 aromatic rings. The number of hydrogen-bond acceptors (Lipinski definition) is 10. The number of piperidine rings is 1. The second-order valence-corrected chi connectivity index (χ2v) is 12.8. The zero-order chi connectivity index (χ0) is 31.1. The summed E-state index contributed by atoms with van der Waals surface area (Å²) in [7, 11) is -2.13. The summed E-state index contributed by atoms with van der Waals surface area (Å²) >= 11 is 0. The monoisotopic (exact) mass is 627 g/mol. The van der Waals surface area contributed by atoms with E-state index in [0.29, 0.717) is 54.4 Å². The van der Waals surface area contributed by atoms with Crippen LogP contribution in [0.5, 0.6) is 0 Å². The van der Waals surface area contributed by atoms with Gasteiger partial charge in [0.05, 0.1) is 40.0 Å². The van der Waals surface area contributed by atoms with Crippen LogP contribution >= 0.6 is 0 Å². The van der Waals surface area contributed by atoms with Crippen molar-refractivity contribution in [3.8, 4) is 23.2 Å². The van der Waals surface area contributed by atoms with Crippen molar-refractivity contribution in [3.63, 3.8) is 0 Å². The summed E-state index contributed by atoms with van der Waals surface area (Å²) in [4.78, 5) is 15.2. The first kappa shape index (κ1) is 29.6. The minimum absolute atomic E-state index is 0.0896. The lowest BCUT2D eigenvalue weighted by molar-refractivity contribution is -0.141. The first-order valence-electron chi connectivity index (χ1n) is 13.9. The van der Waals surface area contributed by atoms with Crippen LogP contribution in [0.1, 0.15) is 42.5 Å². The van der Waals surface area contributed by atoms with Crippen molar-refractivity contribution in [3.05, 3.63) is 59.9 Å². The normalized spacial score (nSPS) is 16.1. The van der Waals surface area contributed by atoms with E-state index in [0.717, 1.165) is 21.6 Å². The summed E-state index contributed by atoms with van der Waals surface area (Å²) in [5.41, 5.74) is 0.234. The Morgan fingerprint density at radius 2 is 1.80 bits per heavy atom. The first-order valence-corrected chi connectivity index (χ1v) is 15.4. The van der Waals surface area contributed by atoms with Gasteiger partial charge in [-0.2, -0.15) is 27.5 Å². The standard InChI is InChI=1S/C28H28F3N9O3S/c1-38-15-20(26(37-38)28(29,30)31)3-2-19-13-33-25(12-23(19)39-10-7-18(17-41)8-11-39)35-24-6-9-32-27(36-24)21-14-34-40(16-21)44(42,43)22-4-5-22/h6,9,12-16,18,22,41H,4-5,7-8,10-11,17H2,1H3,(H,32,33,35,36). The Kier molecular flexibility index (Phi) is 7.76. The van der Waals surface area contributed by atoms with Crippen molar-refractivity contribution < 1.29 is 26.7 Å². The van der Waals surface area contributed by atoms with Crippen LogP contribution in [0, 0.1) is 17.8 Å². The predicted octanol–water partition coefficient (Wildman–Crippen LogP) is 3.18. The third-order valence-corrected chi connectivity index (χ3v) is 9.50. The molecule has 0 atom stereocenters. The number of rotatable bonds is 7. The maximum atomic E-state index is 13.5. The third-order valence-electron chi connectivity index (χ3n) is 7.46. The van der Waals surface area contributed by atoms with Gasteiger partial charge in [-0.25, -0.2) is 23.4 Å². The summed E-state index contributed by atoms with van der Waals surface area (Å²) in [5.74, 6) is 6.71. The SMILES string of the molecule is Cn1cc(C#Cc2cnc(Nc3ccnc(-c4cnn(S(=O)(=O)C5CC5)c4)n3)cc2N2CCC(CO)CC2)c(C(F)(F)F)n1. The van der Waals surface area contributed by atoms with Crippen molar-refractivity contribution in [2.75, 3.05) is 29.9 Å². The smallest absolute Gasteiger partial charge is 0.396 e. The molecule has 0 bridgehead atoms. The molecule has 0 unspecified atom stereocenters. The number of alkyl halides is 3. The second kappa shape index (κ2) is 11.5. The van der Waals surface area contributed by atoms with E-state index >= 15 is 0 Å². The summed E-state index contributed by atoms with van der Waals surface area (Å²) in [6.45, 7) is 1.33. The van der Waals surface area contributed by atoms with Crippen LogP contribution < -0.4 is 10.2 Å². The lowest BCUT2D eigenvalue weighted by atomic mass is 9.97. The Hall–Kier alpha value is -4.49. The number of aromatic nitrogens is 7. The molecule has 0 radical (unpaired) electrons. The second-order valence-electron chi connectivity index (χ2n) is 10.7. The topological polar surface area (TPSA) is 144 Å². The van der Waals surface area contributed by atoms with E-state index in [1.54, 1.807) is 12.1 Å². The highest BCUT2D eigenvalue weighted by Gasteiger charge is 2.38. The molecule has 2 fully saturated rings. The molecule has 12 nitrogen and oxygen atoms in total. The van der Waals surface area contributed by atoms with E-state index in [-0.39, 0.29) is 23.9 Å². The van der Waals surface area contributed by atoms with Gasteiger partial charge < -0.3 is 15.3 Å². The molecule has 44 heavy (non-hydrogen) atoms. The van der Waals surface area contributed by atoms with Gasteiger partial charge in [-0.3, -0.25) is 4.68 Å². The summed E-state index contributed by atoms with van der Waals surface area (Å²) in [5, 5.41) is 19.8. The minimum Gasteiger partial charge on any atom is -0.396 e. The number of pyridine rings is 1. The van der Waals surface area contributed by atoms with Gasteiger partial charge in [-0.1, -0.05) is 11.8 Å². The molecule has 1 aliphatic heterocycles. The van der Waals surface area contributed by atoms with E-state index in [1.165, 1.54) is 38.0 Å². The zero-order valence-corrected chi connectivity index (χ0v) is 24.3. The van der Waals surface area contributed by atoms with Gasteiger partial charge >= 0.3 is 6.18 Å². The minimum atomic E-state index is -4.65. The van der Waals surface area contributed by atoms with Crippen LogP contribution in [0.2, 0.25) is 0 Å². The van der Waals surface area contributed by atoms with Crippen LogP contribution in [-0.2, 0) is 23.2 Å². The van der Waals surface area contributed by atoms with E-state index in [1.807, 2.05) is 0 Å². The van der Waals surface area contributed by atoms with Crippen molar-refractivity contribution in [2.24, 2.45) is 13.0 Å². The maximum Gasteiger partial charge on any atom is 0.436 e. The summed E-state index contributed by atoms with van der Waals surface area (Å²) in [6.07, 6.45) is 5.09. The van der Waals surface area contributed by atoms with Crippen LogP contribution in [0.25, 0.3) is 11.4 Å². The predicted molar refractivity (Wildman–Crippen MR) is 154 cm³/mol. The number of nitrogens with one attached hydrogen (secondary N) is 1. The summed E-state index contributed by atoms with van der Waals surface area (Å²) in [6, 6.07) is 3.37. The van der Waals surface area contributed by atoms with E-state index < -0.39 is 27.1 Å². The van der Waals surface area contributed by atoms with Gasteiger partial charge in [0.15, 0.2) is 11.5 Å². The van der Waals surface area contributed by atoms with Crippen LogP contribution in [-0.4, -0.2) is 72.4 Å². The van der Waals surface area contributed by atoms with Crippen molar-refractivity contribution in [2.45, 2.75) is 37.1 Å². The highest BCUT2D eigenvalue weighted by molar-refractivity contribution is 7.90. The fourth-order valence-electron chi connectivity index (χ4n) is 4.93. The van der Waals surface area contributed by atoms with Gasteiger partial charge in [0, 0.05) is 51.4 Å². The molecule has 16 heteroatoms. The molecule has 1 aliphatic carbocycles. The lowest BCUT2D eigenvalue weighted by Crippen LogP contribution is -2.35. The number of aliphatic hydroxyl groups excluding tert-OH is 1. The third kappa shape index (κ3) is 6.24. The lowest BCUT2D eigenvalue weighted by Gasteiger charge is -2.33. The Bertz CT molecular complexity index is 1850. The molecule has 1 saturated carbocycles. The summed E-state index contributed by atoms with van der Waals surface area (Å²) < 4.78 is 67.5. The molecule has 0 aromatic carbocycles. The number of halogens is 3. The Balaban J connectivity index is 1.29. The van der Waals surface area contributed by atoms with Crippen molar-refractivity contribution >= 4 is 27.3 Å². The molecule has 0 amide bonds. The molecule has 4 aromatic heterocycles. The van der Waals surface area contributed by atoms with Crippen molar-refractivity contribution in [1.82, 2.24) is 33.9 Å². The molecule has 5 heterocycles. The van der Waals surface area contributed by atoms with E-state index in [4.69, 9.17) is 0 Å². The van der Waals surface area contributed by atoms with Gasteiger partial charge in [-0.15, -0.1) is 0 Å². The number of hydrogen-bond donors (Lipinski definition) is 2. The highest BCUT2D eigenvalue weighted by atomic mass is 32.2. The molecule has 6 rings (SSSR count). The molecular weight excluding hydrogens is 599 g/mol. The molecule has 2 N–H and O–H groups in total. The largest absolute Gasteiger partial charge is 0.436 e. The molecular formula is C28H28F3N9O3S. The molecule has 230 valence electrons. The Morgan fingerprint density at radius 3 is 2.50 bits per heavy atom. The number of nitrogens with zero attached hydrogens (tertiary/aromatic N) is 8. The fraction of sp³-hybridized carbons (Fsp3) is 0.393. The van der Waals surface area contributed by atoms with Gasteiger partial charge in [0.1, 0.15) is 11.6 Å². The quantitative estimate of drug-likeness (QED) is 0.293. The maximum absolute atomic E-state index is 13.5. The first-order chi connectivity index (χ1) is 21.0. The Morgan fingerprint density at radius 1 is 1.05 bits per heavy atom. The number of aliphatic hydroxyl groups is 1. The van der Waals surface area contributed by atoms with Crippen LogP contribution in [0.3, 0.4) is 0 Å². The van der Waals surface area contributed by atoms with Gasteiger partial charge in [0.2, 0.25) is 0 Å². The highest BCUT2D eigenvalue weighted by Crippen LogP contribution is 2.32. The van der Waals surface area contributed by atoms with E-state index in [2.05, 4.69) is 47.2 Å². The molecule has 0 spiro atoms. The Labute approximate surface area is 251 Å². The van der Waals surface area contributed by atoms with E-state index in [9.17, 15) is 26.7 Å². The molecule has 2 aliphatic rings. The van der Waals surface area contributed by atoms with Gasteiger partial charge in [-0.05, 0) is 37.7 Å². The number of aryl methyl sites for hydroxylation is 1. The average molecular weight is 628 g/mol. The van der Waals surface area contributed by atoms with Crippen LogP contribution in [0.15, 0.2) is 43.1 Å². The van der Waals surface area contributed by atoms with Crippen LogP contribution in [0.4, 0.5) is 30.5 Å². The van der Waals surface area contributed by atoms with Crippen molar-refractivity contribution in [1.29, 1.82) is 0 Å². The average Bonchev–Trinajstić information content (AvgIpc) is 3.62. The van der Waals surface area contributed by atoms with Gasteiger partial charge in [0.25, 0.3) is 10.0 Å². The fourth-order valence-corrected chi connectivity index (χ4v) is 6.40. The molecule has 1 saturated heterocycles. The zero-order valence-electron chi connectivity index (χ0n) is 23.5. The number of anilines is 3.